The summed E-state index contributed by atoms with van der Waals surface area (Å²) < 4.78 is 0. The predicted octanol–water partition coefficient (Wildman–Crippen LogP) is 2.09. The number of H-pyrrole nitrogens is 1. The van der Waals surface area contributed by atoms with Crippen molar-refractivity contribution >= 4 is 22.9 Å². The topological polar surface area (TPSA) is 65.1 Å². The molecule has 0 fully saturated rings. The van der Waals surface area contributed by atoms with Gasteiger partial charge < -0.3 is 15.4 Å². The minimum atomic E-state index is -0.0672. The van der Waals surface area contributed by atoms with Crippen LogP contribution in [0.3, 0.4) is 0 Å². The Morgan fingerprint density at radius 1 is 1.41 bits per heavy atom. The third kappa shape index (κ3) is 3.09. The monoisotopic (exact) mass is 270 g/mol. The number of aromatic hydroxyl groups is 1. The zero-order valence-corrected chi connectivity index (χ0v) is 10.4. The standard InChI is InChI=1S/C11H11ClN2O2S/c12-9-2-1-3-10(15)8(9)5-13-4-7-6-17-11(16)14-7/h1-3,6,13,15H,4-5H2,(H,14,16). The van der Waals surface area contributed by atoms with E-state index in [0.717, 1.165) is 17.0 Å². The Balaban J connectivity index is 1.96. The van der Waals surface area contributed by atoms with Crippen molar-refractivity contribution < 1.29 is 5.11 Å². The molecule has 0 amide bonds. The molecular weight excluding hydrogens is 260 g/mol. The van der Waals surface area contributed by atoms with Gasteiger partial charge >= 0.3 is 4.87 Å². The molecule has 0 saturated heterocycles. The number of halogens is 1. The largest absolute Gasteiger partial charge is 0.508 e. The van der Waals surface area contributed by atoms with Gasteiger partial charge in [0.15, 0.2) is 0 Å². The van der Waals surface area contributed by atoms with Crippen molar-refractivity contribution in [1.82, 2.24) is 10.3 Å². The number of rotatable bonds is 4. The highest BCUT2D eigenvalue weighted by molar-refractivity contribution is 7.07. The Kier molecular flexibility index (Phi) is 3.83. The number of benzene rings is 1. The Morgan fingerprint density at radius 2 is 2.24 bits per heavy atom. The molecular formula is C11H11ClN2O2S. The number of hydrogen-bond acceptors (Lipinski definition) is 4. The molecule has 0 atom stereocenters. The zero-order valence-electron chi connectivity index (χ0n) is 8.87. The summed E-state index contributed by atoms with van der Waals surface area (Å²) in [5.41, 5.74) is 1.48. The average molecular weight is 271 g/mol. The summed E-state index contributed by atoms with van der Waals surface area (Å²) in [5, 5.41) is 15.0. The van der Waals surface area contributed by atoms with E-state index in [0.29, 0.717) is 23.7 Å². The van der Waals surface area contributed by atoms with Crippen LogP contribution in [-0.4, -0.2) is 10.1 Å². The first-order valence-electron chi connectivity index (χ1n) is 5.00. The van der Waals surface area contributed by atoms with E-state index in [9.17, 15) is 9.90 Å². The van der Waals surface area contributed by atoms with E-state index in [4.69, 9.17) is 11.6 Å². The summed E-state index contributed by atoms with van der Waals surface area (Å²) in [4.78, 5) is 13.5. The van der Waals surface area contributed by atoms with Crippen LogP contribution in [0.4, 0.5) is 0 Å². The molecule has 0 spiro atoms. The van der Waals surface area contributed by atoms with Gasteiger partial charge in [0.05, 0.1) is 0 Å². The van der Waals surface area contributed by atoms with Crippen LogP contribution in [0, 0.1) is 0 Å². The fourth-order valence-corrected chi connectivity index (χ4v) is 2.26. The molecule has 0 aliphatic rings. The lowest BCUT2D eigenvalue weighted by Crippen LogP contribution is -2.14. The molecule has 0 unspecified atom stereocenters. The van der Waals surface area contributed by atoms with Gasteiger partial charge in [-0.25, -0.2) is 0 Å². The van der Waals surface area contributed by atoms with Crippen LogP contribution in [0.15, 0.2) is 28.4 Å². The summed E-state index contributed by atoms with van der Waals surface area (Å²) in [6.45, 7) is 0.979. The smallest absolute Gasteiger partial charge is 0.304 e. The highest BCUT2D eigenvalue weighted by Crippen LogP contribution is 2.24. The van der Waals surface area contributed by atoms with E-state index in [2.05, 4.69) is 10.3 Å². The number of phenols is 1. The molecule has 0 aliphatic carbocycles. The van der Waals surface area contributed by atoms with Crippen molar-refractivity contribution in [3.8, 4) is 5.75 Å². The Hall–Kier alpha value is -1.30. The maximum atomic E-state index is 10.9. The molecule has 3 N–H and O–H groups in total. The van der Waals surface area contributed by atoms with Crippen molar-refractivity contribution in [1.29, 1.82) is 0 Å². The number of aromatic amines is 1. The Morgan fingerprint density at radius 3 is 2.88 bits per heavy atom. The molecule has 90 valence electrons. The minimum absolute atomic E-state index is 0.0672. The first-order chi connectivity index (χ1) is 8.16. The normalized spacial score (nSPS) is 10.6. The number of phenolic OH excluding ortho intramolecular Hbond substituents is 1. The van der Waals surface area contributed by atoms with E-state index in [-0.39, 0.29) is 10.6 Å². The van der Waals surface area contributed by atoms with E-state index in [1.54, 1.807) is 23.6 Å². The van der Waals surface area contributed by atoms with Crippen molar-refractivity contribution in [2.75, 3.05) is 0 Å². The van der Waals surface area contributed by atoms with E-state index < -0.39 is 0 Å². The molecule has 2 rings (SSSR count). The summed E-state index contributed by atoms with van der Waals surface area (Å²) in [6.07, 6.45) is 0. The van der Waals surface area contributed by atoms with Crippen LogP contribution >= 0.6 is 22.9 Å². The minimum Gasteiger partial charge on any atom is -0.508 e. The van der Waals surface area contributed by atoms with Crippen LogP contribution in [0.25, 0.3) is 0 Å². The van der Waals surface area contributed by atoms with Crippen molar-refractivity contribution in [3.63, 3.8) is 0 Å². The second-order valence-corrected chi connectivity index (χ2v) is 4.76. The van der Waals surface area contributed by atoms with Crippen LogP contribution in [-0.2, 0) is 13.1 Å². The summed E-state index contributed by atoms with van der Waals surface area (Å²) in [6, 6.07) is 5.01. The maximum Gasteiger partial charge on any atom is 0.304 e. The molecule has 1 aromatic carbocycles. The van der Waals surface area contributed by atoms with Gasteiger partial charge in [0.1, 0.15) is 5.75 Å². The first-order valence-corrected chi connectivity index (χ1v) is 6.26. The number of nitrogens with one attached hydrogen (secondary N) is 2. The maximum absolute atomic E-state index is 10.9. The molecule has 0 radical (unpaired) electrons. The first kappa shape index (κ1) is 12.2. The highest BCUT2D eigenvalue weighted by atomic mass is 35.5. The van der Waals surface area contributed by atoms with Gasteiger partial charge in [-0.15, -0.1) is 0 Å². The second-order valence-electron chi connectivity index (χ2n) is 3.51. The number of thiazole rings is 1. The summed E-state index contributed by atoms with van der Waals surface area (Å²) in [7, 11) is 0. The molecule has 1 aromatic heterocycles. The van der Waals surface area contributed by atoms with Gasteiger partial charge in [-0.05, 0) is 12.1 Å². The van der Waals surface area contributed by atoms with Crippen LogP contribution in [0.1, 0.15) is 11.3 Å². The van der Waals surface area contributed by atoms with Gasteiger partial charge in [0, 0.05) is 34.7 Å². The second kappa shape index (κ2) is 5.35. The van der Waals surface area contributed by atoms with Gasteiger partial charge in [-0.3, -0.25) is 4.79 Å². The SMILES string of the molecule is O=c1[nH]c(CNCc2c(O)cccc2Cl)cs1. The summed E-state index contributed by atoms with van der Waals surface area (Å²) in [5.74, 6) is 0.170. The zero-order chi connectivity index (χ0) is 12.3. The average Bonchev–Trinajstić information content (AvgIpc) is 2.69. The molecule has 2 aromatic rings. The molecule has 1 heterocycles. The highest BCUT2D eigenvalue weighted by Gasteiger charge is 2.05. The lowest BCUT2D eigenvalue weighted by Gasteiger charge is -2.07. The Bertz CT molecular complexity index is 544. The molecule has 0 saturated carbocycles. The third-order valence-electron chi connectivity index (χ3n) is 2.28. The van der Waals surface area contributed by atoms with Crippen molar-refractivity contribution in [3.05, 3.63) is 49.5 Å². The summed E-state index contributed by atoms with van der Waals surface area (Å²) >= 11 is 7.09. The lowest BCUT2D eigenvalue weighted by atomic mass is 10.2. The van der Waals surface area contributed by atoms with E-state index in [1.165, 1.54) is 0 Å². The number of aromatic nitrogens is 1. The fraction of sp³-hybridized carbons (Fsp3) is 0.182. The lowest BCUT2D eigenvalue weighted by molar-refractivity contribution is 0.464. The number of hydrogen-bond donors (Lipinski definition) is 3. The predicted molar refractivity (Wildman–Crippen MR) is 68.6 cm³/mol. The quantitative estimate of drug-likeness (QED) is 0.797. The molecule has 0 aliphatic heterocycles. The fourth-order valence-electron chi connectivity index (χ4n) is 1.44. The molecule has 6 heteroatoms. The third-order valence-corrected chi connectivity index (χ3v) is 3.35. The van der Waals surface area contributed by atoms with Crippen LogP contribution < -0.4 is 10.2 Å². The van der Waals surface area contributed by atoms with Crippen LogP contribution in [0.5, 0.6) is 5.75 Å². The molecule has 17 heavy (non-hydrogen) atoms. The van der Waals surface area contributed by atoms with Gasteiger partial charge in [0.2, 0.25) is 0 Å². The molecule has 0 bridgehead atoms. The van der Waals surface area contributed by atoms with Crippen molar-refractivity contribution in [2.24, 2.45) is 0 Å². The van der Waals surface area contributed by atoms with E-state index in [1.807, 2.05) is 0 Å². The Labute approximate surface area is 107 Å². The van der Waals surface area contributed by atoms with Gasteiger partial charge in [-0.2, -0.15) is 0 Å². The van der Waals surface area contributed by atoms with Crippen LogP contribution in [0.2, 0.25) is 5.02 Å². The van der Waals surface area contributed by atoms with Gasteiger partial charge in [-0.1, -0.05) is 29.0 Å². The molecule has 4 nitrogen and oxygen atoms in total. The van der Waals surface area contributed by atoms with Crippen molar-refractivity contribution in [2.45, 2.75) is 13.1 Å². The van der Waals surface area contributed by atoms with E-state index >= 15 is 0 Å². The van der Waals surface area contributed by atoms with Gasteiger partial charge in [0.25, 0.3) is 0 Å².